The number of amides is 2. The Morgan fingerprint density at radius 2 is 1.55 bits per heavy atom. The smallest absolute Gasteiger partial charge is 0.227 e. The zero-order valence-electron chi connectivity index (χ0n) is 16.9. The van der Waals surface area contributed by atoms with E-state index >= 15 is 0 Å². The second-order valence-electron chi connectivity index (χ2n) is 7.79. The van der Waals surface area contributed by atoms with Crippen molar-refractivity contribution in [3.8, 4) is 22.4 Å². The number of hydrogen-bond acceptors (Lipinski definition) is 4. The summed E-state index contributed by atoms with van der Waals surface area (Å²) < 4.78 is 0. The summed E-state index contributed by atoms with van der Waals surface area (Å²) in [4.78, 5) is 28.4. The zero-order chi connectivity index (χ0) is 20.9. The molecule has 2 N–H and O–H groups in total. The van der Waals surface area contributed by atoms with E-state index in [1.807, 2.05) is 56.5 Å². The Labute approximate surface area is 175 Å². The lowest BCUT2D eigenvalue weighted by atomic mass is 9.96. The van der Waals surface area contributed by atoms with Crippen molar-refractivity contribution in [1.82, 2.24) is 10.3 Å². The minimum Gasteiger partial charge on any atom is -0.355 e. The fourth-order valence-corrected chi connectivity index (χ4v) is 3.40. The predicted molar refractivity (Wildman–Crippen MR) is 119 cm³/mol. The lowest BCUT2D eigenvalue weighted by Crippen LogP contribution is -2.36. The Morgan fingerprint density at radius 1 is 0.931 bits per heavy atom. The van der Waals surface area contributed by atoms with Crippen molar-refractivity contribution in [1.29, 1.82) is 0 Å². The molecule has 0 aliphatic heterocycles. The fourth-order valence-electron chi connectivity index (χ4n) is 2.66. The molecule has 0 atom stereocenters. The van der Waals surface area contributed by atoms with Crippen LogP contribution in [-0.4, -0.2) is 23.3 Å². The van der Waals surface area contributed by atoms with Gasteiger partial charge in [0.1, 0.15) is 0 Å². The molecule has 0 radical (unpaired) electrons. The van der Waals surface area contributed by atoms with Crippen LogP contribution in [0.1, 0.15) is 27.2 Å². The van der Waals surface area contributed by atoms with Crippen molar-refractivity contribution in [3.05, 3.63) is 60.0 Å². The van der Waals surface area contributed by atoms with E-state index in [2.05, 4.69) is 39.9 Å². The van der Waals surface area contributed by atoms with Gasteiger partial charge in [-0.2, -0.15) is 0 Å². The molecule has 0 saturated carbocycles. The summed E-state index contributed by atoms with van der Waals surface area (Å²) >= 11 is 1.39. The monoisotopic (exact) mass is 407 g/mol. The maximum Gasteiger partial charge on any atom is 0.227 e. The van der Waals surface area contributed by atoms with E-state index in [9.17, 15) is 9.59 Å². The van der Waals surface area contributed by atoms with Gasteiger partial charge in [0.15, 0.2) is 5.13 Å². The minimum atomic E-state index is -0.462. The quantitative estimate of drug-likeness (QED) is 0.606. The average molecular weight is 408 g/mol. The zero-order valence-corrected chi connectivity index (χ0v) is 17.7. The number of aromatic nitrogens is 1. The third kappa shape index (κ3) is 5.74. The highest BCUT2D eigenvalue weighted by molar-refractivity contribution is 7.14. The van der Waals surface area contributed by atoms with Crippen molar-refractivity contribution in [3.63, 3.8) is 0 Å². The van der Waals surface area contributed by atoms with E-state index in [0.29, 0.717) is 11.7 Å². The number of nitrogens with one attached hydrogen (secondary N) is 2. The highest BCUT2D eigenvalue weighted by Crippen LogP contribution is 2.27. The molecule has 29 heavy (non-hydrogen) atoms. The molecule has 0 fully saturated rings. The van der Waals surface area contributed by atoms with Crippen molar-refractivity contribution >= 4 is 28.3 Å². The van der Waals surface area contributed by atoms with Crippen LogP contribution in [-0.2, 0) is 9.59 Å². The van der Waals surface area contributed by atoms with Gasteiger partial charge < -0.3 is 10.6 Å². The molecule has 0 saturated heterocycles. The number of anilines is 1. The van der Waals surface area contributed by atoms with E-state index in [0.717, 1.165) is 16.8 Å². The molecule has 1 aromatic heterocycles. The number of benzene rings is 2. The largest absolute Gasteiger partial charge is 0.355 e. The number of carbonyl (C=O) groups is 2. The van der Waals surface area contributed by atoms with Crippen LogP contribution in [0.3, 0.4) is 0 Å². The number of hydrogen-bond donors (Lipinski definition) is 2. The van der Waals surface area contributed by atoms with Crippen molar-refractivity contribution in [2.45, 2.75) is 27.2 Å². The van der Waals surface area contributed by atoms with Crippen LogP contribution in [0.25, 0.3) is 22.4 Å². The molecular formula is C23H25N3O2S. The SMILES string of the molecule is CC(C)(C)C(=O)NCCC(=O)Nc1nc(-c2ccc(-c3ccccc3)cc2)cs1. The Kier molecular flexibility index (Phi) is 6.44. The number of rotatable bonds is 6. The summed E-state index contributed by atoms with van der Waals surface area (Å²) in [5.41, 5.74) is 3.68. The van der Waals surface area contributed by atoms with Crippen LogP contribution in [0, 0.1) is 5.41 Å². The van der Waals surface area contributed by atoms with Crippen molar-refractivity contribution < 1.29 is 9.59 Å². The Morgan fingerprint density at radius 3 is 2.21 bits per heavy atom. The molecule has 150 valence electrons. The number of nitrogens with zero attached hydrogens (tertiary/aromatic N) is 1. The van der Waals surface area contributed by atoms with E-state index < -0.39 is 5.41 Å². The van der Waals surface area contributed by atoms with Crippen LogP contribution >= 0.6 is 11.3 Å². The van der Waals surface area contributed by atoms with Gasteiger partial charge in [-0.1, -0.05) is 75.4 Å². The molecule has 3 rings (SSSR count). The minimum absolute atomic E-state index is 0.0687. The van der Waals surface area contributed by atoms with E-state index in [1.165, 1.54) is 16.9 Å². The summed E-state index contributed by atoms with van der Waals surface area (Å²) in [6.07, 6.45) is 0.211. The van der Waals surface area contributed by atoms with E-state index in [1.54, 1.807) is 0 Å². The molecule has 6 heteroatoms. The first kappa shape index (κ1) is 20.7. The van der Waals surface area contributed by atoms with Crippen LogP contribution in [0.2, 0.25) is 0 Å². The van der Waals surface area contributed by atoms with E-state index in [-0.39, 0.29) is 18.2 Å². The third-order valence-electron chi connectivity index (χ3n) is 4.36. The highest BCUT2D eigenvalue weighted by atomic mass is 32.1. The molecule has 0 bridgehead atoms. The molecule has 1 heterocycles. The van der Waals surface area contributed by atoms with Crippen LogP contribution in [0.4, 0.5) is 5.13 Å². The molecule has 0 aliphatic carbocycles. The molecule has 0 spiro atoms. The molecule has 5 nitrogen and oxygen atoms in total. The van der Waals surface area contributed by atoms with Gasteiger partial charge in [-0.15, -0.1) is 11.3 Å². The van der Waals surface area contributed by atoms with Crippen LogP contribution in [0.15, 0.2) is 60.0 Å². The van der Waals surface area contributed by atoms with Gasteiger partial charge in [0.25, 0.3) is 0 Å². The average Bonchev–Trinajstić information content (AvgIpc) is 3.16. The van der Waals surface area contributed by atoms with Gasteiger partial charge in [-0.05, 0) is 11.1 Å². The van der Waals surface area contributed by atoms with Gasteiger partial charge in [0, 0.05) is 29.3 Å². The molecule has 3 aromatic rings. The molecule has 2 amide bonds. The van der Waals surface area contributed by atoms with Gasteiger partial charge >= 0.3 is 0 Å². The maximum absolute atomic E-state index is 12.1. The van der Waals surface area contributed by atoms with Gasteiger partial charge in [0.05, 0.1) is 5.69 Å². The van der Waals surface area contributed by atoms with Gasteiger partial charge in [-0.3, -0.25) is 9.59 Å². The molecule has 2 aromatic carbocycles. The Hall–Kier alpha value is -2.99. The Balaban J connectivity index is 1.55. The molecule has 0 aliphatic rings. The first-order valence-corrected chi connectivity index (χ1v) is 10.4. The summed E-state index contributed by atoms with van der Waals surface area (Å²) in [5.74, 6) is -0.236. The van der Waals surface area contributed by atoms with E-state index in [4.69, 9.17) is 0 Å². The maximum atomic E-state index is 12.1. The van der Waals surface area contributed by atoms with Crippen LogP contribution < -0.4 is 10.6 Å². The predicted octanol–water partition coefficient (Wildman–Crippen LogP) is 4.97. The highest BCUT2D eigenvalue weighted by Gasteiger charge is 2.20. The topological polar surface area (TPSA) is 71.1 Å². The lowest BCUT2D eigenvalue weighted by molar-refractivity contribution is -0.128. The number of carbonyl (C=O) groups excluding carboxylic acids is 2. The Bertz CT molecular complexity index is 973. The van der Waals surface area contributed by atoms with Crippen LogP contribution in [0.5, 0.6) is 0 Å². The van der Waals surface area contributed by atoms with Crippen molar-refractivity contribution in [2.24, 2.45) is 5.41 Å². The summed E-state index contributed by atoms with van der Waals surface area (Å²) in [5, 5.41) is 8.05. The first-order chi connectivity index (χ1) is 13.8. The lowest BCUT2D eigenvalue weighted by Gasteiger charge is -2.17. The standard InChI is InChI=1S/C23H25N3O2S/c1-23(2,3)21(28)24-14-13-20(27)26-22-25-19(15-29-22)18-11-9-17(10-12-18)16-7-5-4-6-8-16/h4-12,15H,13-14H2,1-3H3,(H,24,28)(H,25,26,27). The fraction of sp³-hybridized carbons (Fsp3) is 0.261. The second kappa shape index (κ2) is 9.01. The molecular weight excluding hydrogens is 382 g/mol. The normalized spacial score (nSPS) is 11.1. The van der Waals surface area contributed by atoms with Gasteiger partial charge in [-0.25, -0.2) is 4.98 Å². The summed E-state index contributed by atoms with van der Waals surface area (Å²) in [6.45, 7) is 5.82. The number of thiazole rings is 1. The van der Waals surface area contributed by atoms with Crippen molar-refractivity contribution in [2.75, 3.05) is 11.9 Å². The third-order valence-corrected chi connectivity index (χ3v) is 5.11. The molecule has 0 unspecified atom stereocenters. The first-order valence-electron chi connectivity index (χ1n) is 9.52. The summed E-state index contributed by atoms with van der Waals surface area (Å²) in [7, 11) is 0. The summed E-state index contributed by atoms with van der Waals surface area (Å²) in [6, 6.07) is 18.4. The van der Waals surface area contributed by atoms with Gasteiger partial charge in [0.2, 0.25) is 11.8 Å². The second-order valence-corrected chi connectivity index (χ2v) is 8.64.